The van der Waals surface area contributed by atoms with Gasteiger partial charge in [0.15, 0.2) is 18.5 Å². The molecule has 0 bridgehead atoms. The first-order valence-electron chi connectivity index (χ1n) is 5.10. The van der Waals surface area contributed by atoms with E-state index in [1.807, 2.05) is 24.3 Å². The summed E-state index contributed by atoms with van der Waals surface area (Å²) in [5.41, 5.74) is 0. The van der Waals surface area contributed by atoms with Gasteiger partial charge in [-0.2, -0.15) is 0 Å². The molecule has 1 aromatic carbocycles. The van der Waals surface area contributed by atoms with Crippen molar-refractivity contribution < 1.29 is 14.4 Å². The summed E-state index contributed by atoms with van der Waals surface area (Å²) in [5, 5.41) is 8.81. The Kier molecular flexibility index (Phi) is 4.57. The minimum atomic E-state index is -0.500. The van der Waals surface area contributed by atoms with Gasteiger partial charge in [-0.05, 0) is 18.6 Å². The molecule has 1 heterocycles. The molecule has 5 nitrogen and oxygen atoms in total. The smallest absolute Gasteiger partial charge is 0.194 e. The number of hydrogen-bond acceptors (Lipinski definition) is 4. The maximum atomic E-state index is 8.81. The molecule has 2 rings (SSSR count). The molecule has 1 unspecified atom stereocenters. The van der Waals surface area contributed by atoms with Gasteiger partial charge in [-0.1, -0.05) is 19.1 Å². The summed E-state index contributed by atoms with van der Waals surface area (Å²) in [6, 6.07) is 7.78. The summed E-state index contributed by atoms with van der Waals surface area (Å²) in [5.74, 6) is 1.73. The predicted octanol–water partition coefficient (Wildman–Crippen LogP) is 2.13. The van der Waals surface area contributed by atoms with Crippen LogP contribution < -0.4 is 9.47 Å². The summed E-state index contributed by atoms with van der Waals surface area (Å²) in [7, 11) is 0.889. The van der Waals surface area contributed by atoms with Crippen molar-refractivity contribution in [2.45, 2.75) is 19.4 Å². The predicted molar refractivity (Wildman–Crippen MR) is 59.6 cm³/mol. The highest BCUT2D eigenvalue weighted by Gasteiger charge is 2.17. The first kappa shape index (κ1) is 12.3. The van der Waals surface area contributed by atoms with Gasteiger partial charge in [0.25, 0.3) is 0 Å². The molecule has 0 aliphatic carbocycles. The van der Waals surface area contributed by atoms with Crippen molar-refractivity contribution in [3.63, 3.8) is 0 Å². The van der Waals surface area contributed by atoms with Crippen LogP contribution in [0, 0.1) is 10.1 Å². The number of hydrogen-bond donors (Lipinski definition) is 0. The molecule has 1 aliphatic heterocycles. The average molecular weight is 225 g/mol. The second-order valence-electron chi connectivity index (χ2n) is 3.35. The zero-order valence-electron chi connectivity index (χ0n) is 9.38. The van der Waals surface area contributed by atoms with Crippen LogP contribution in [-0.4, -0.2) is 24.7 Å². The molecule has 1 atom stereocenters. The van der Waals surface area contributed by atoms with Gasteiger partial charge in [0, 0.05) is 4.92 Å². The van der Waals surface area contributed by atoms with Gasteiger partial charge in [0.1, 0.15) is 12.7 Å². The normalized spacial score (nSPS) is 17.0. The minimum Gasteiger partial charge on any atom is -0.486 e. The lowest BCUT2D eigenvalue weighted by molar-refractivity contribution is -0.445. The second kappa shape index (κ2) is 5.95. The molecular weight excluding hydrogens is 210 g/mol. The molecule has 0 spiro atoms. The third-order valence-electron chi connectivity index (χ3n) is 2.02. The molecular formula is C11H15NO4. The molecule has 16 heavy (non-hydrogen) atoms. The van der Waals surface area contributed by atoms with Crippen LogP contribution in [0.5, 0.6) is 11.5 Å². The van der Waals surface area contributed by atoms with E-state index in [1.54, 1.807) is 0 Å². The summed E-state index contributed by atoms with van der Waals surface area (Å²) >= 11 is 0. The van der Waals surface area contributed by atoms with Crippen molar-refractivity contribution in [3.05, 3.63) is 34.4 Å². The van der Waals surface area contributed by atoms with Crippen LogP contribution >= 0.6 is 0 Å². The highest BCUT2D eigenvalue weighted by molar-refractivity contribution is 5.40. The van der Waals surface area contributed by atoms with E-state index in [0.717, 1.165) is 25.0 Å². The lowest BCUT2D eigenvalue weighted by Gasteiger charge is -2.25. The highest BCUT2D eigenvalue weighted by Crippen LogP contribution is 2.31. The van der Waals surface area contributed by atoms with Crippen LogP contribution in [0.25, 0.3) is 0 Å². The monoisotopic (exact) mass is 225 g/mol. The Morgan fingerprint density at radius 3 is 2.56 bits per heavy atom. The van der Waals surface area contributed by atoms with Crippen molar-refractivity contribution in [1.29, 1.82) is 0 Å². The molecule has 0 amide bonds. The molecule has 88 valence electrons. The fourth-order valence-electron chi connectivity index (χ4n) is 1.26. The summed E-state index contributed by atoms with van der Waals surface area (Å²) in [6.07, 6.45) is 1.22. The van der Waals surface area contributed by atoms with Crippen molar-refractivity contribution >= 4 is 0 Å². The lowest BCUT2D eigenvalue weighted by atomic mass is 10.2. The standard InChI is InChI=1S/C10H12O2.CH3NO2/c1-2-8-7-11-9-5-3-4-6-10(9)12-8;1-2(3)4/h3-6,8H,2,7H2,1H3;1H3. The fraction of sp³-hybridized carbons (Fsp3) is 0.455. The zero-order valence-corrected chi connectivity index (χ0v) is 9.38. The topological polar surface area (TPSA) is 61.6 Å². The van der Waals surface area contributed by atoms with E-state index < -0.39 is 4.92 Å². The number of benzene rings is 1. The van der Waals surface area contributed by atoms with Crippen LogP contribution in [0.1, 0.15) is 13.3 Å². The molecule has 0 saturated carbocycles. The lowest BCUT2D eigenvalue weighted by Crippen LogP contribution is -2.28. The Hall–Kier alpha value is -1.78. The maximum Gasteiger partial charge on any atom is 0.194 e. The Morgan fingerprint density at radius 1 is 1.44 bits per heavy atom. The second-order valence-corrected chi connectivity index (χ2v) is 3.35. The SMILES string of the molecule is CCC1COc2ccccc2O1.C[N+](=O)[O-]. The molecule has 1 aromatic rings. The van der Waals surface area contributed by atoms with Gasteiger partial charge in [-0.15, -0.1) is 0 Å². The number of ether oxygens (including phenoxy) is 2. The highest BCUT2D eigenvalue weighted by atomic mass is 16.6. The van der Waals surface area contributed by atoms with Crippen LogP contribution in [0.3, 0.4) is 0 Å². The minimum absolute atomic E-state index is 0.222. The van der Waals surface area contributed by atoms with Crippen LogP contribution in [0.15, 0.2) is 24.3 Å². The third-order valence-corrected chi connectivity index (χ3v) is 2.02. The van der Waals surface area contributed by atoms with Gasteiger partial charge in [0.05, 0.1) is 0 Å². The molecule has 5 heteroatoms. The summed E-state index contributed by atoms with van der Waals surface area (Å²) in [4.78, 5) is 8.31. The van der Waals surface area contributed by atoms with E-state index in [0.29, 0.717) is 6.61 Å². The van der Waals surface area contributed by atoms with Crippen molar-refractivity contribution in [3.8, 4) is 11.5 Å². The van der Waals surface area contributed by atoms with Crippen LogP contribution in [0.2, 0.25) is 0 Å². The first-order chi connectivity index (χ1) is 7.63. The van der Waals surface area contributed by atoms with E-state index in [9.17, 15) is 0 Å². The third kappa shape index (κ3) is 3.76. The van der Waals surface area contributed by atoms with Gasteiger partial charge < -0.3 is 9.47 Å². The molecule has 1 aliphatic rings. The quantitative estimate of drug-likeness (QED) is 0.542. The average Bonchev–Trinajstić information content (AvgIpc) is 2.27. The van der Waals surface area contributed by atoms with Crippen molar-refractivity contribution in [1.82, 2.24) is 0 Å². The number of nitro groups is 1. The van der Waals surface area contributed by atoms with Gasteiger partial charge in [-0.25, -0.2) is 0 Å². The number of rotatable bonds is 1. The van der Waals surface area contributed by atoms with Crippen LogP contribution in [-0.2, 0) is 0 Å². The van der Waals surface area contributed by atoms with Gasteiger partial charge in [0.2, 0.25) is 0 Å². The Labute approximate surface area is 94.1 Å². The molecule has 0 saturated heterocycles. The first-order valence-corrected chi connectivity index (χ1v) is 5.10. The van der Waals surface area contributed by atoms with Crippen molar-refractivity contribution in [2.24, 2.45) is 0 Å². The molecule has 0 aromatic heterocycles. The van der Waals surface area contributed by atoms with E-state index in [-0.39, 0.29) is 6.10 Å². The molecule has 0 radical (unpaired) electrons. The zero-order chi connectivity index (χ0) is 12.0. The van der Waals surface area contributed by atoms with Crippen LogP contribution in [0.4, 0.5) is 0 Å². The fourth-order valence-corrected chi connectivity index (χ4v) is 1.26. The van der Waals surface area contributed by atoms with E-state index >= 15 is 0 Å². The summed E-state index contributed by atoms with van der Waals surface area (Å²) in [6.45, 7) is 2.77. The number of fused-ring (bicyclic) bond motifs is 1. The Balaban J connectivity index is 0.000000280. The maximum absolute atomic E-state index is 8.81. The molecule has 0 fully saturated rings. The van der Waals surface area contributed by atoms with Gasteiger partial charge in [-0.3, -0.25) is 10.1 Å². The number of para-hydroxylation sites is 2. The molecule has 0 N–H and O–H groups in total. The van der Waals surface area contributed by atoms with E-state index in [2.05, 4.69) is 6.92 Å². The summed E-state index contributed by atoms with van der Waals surface area (Å²) < 4.78 is 11.2. The van der Waals surface area contributed by atoms with E-state index in [1.165, 1.54) is 0 Å². The Morgan fingerprint density at radius 2 is 2.00 bits per heavy atom. The van der Waals surface area contributed by atoms with Gasteiger partial charge >= 0.3 is 0 Å². The largest absolute Gasteiger partial charge is 0.486 e. The van der Waals surface area contributed by atoms with Crippen molar-refractivity contribution in [2.75, 3.05) is 13.7 Å². The Bertz CT molecular complexity index is 350. The number of nitrogens with zero attached hydrogens (tertiary/aromatic N) is 1. The van der Waals surface area contributed by atoms with E-state index in [4.69, 9.17) is 19.6 Å².